The molecular weight excluding hydrogens is 244 g/mol. The second-order valence-electron chi connectivity index (χ2n) is 6.22. The first-order valence-electron chi connectivity index (χ1n) is 6.54. The third-order valence-electron chi connectivity index (χ3n) is 3.13. The minimum absolute atomic E-state index is 0.107. The molecule has 0 aliphatic rings. The highest BCUT2D eigenvalue weighted by atomic mass is 35.5. The van der Waals surface area contributed by atoms with Gasteiger partial charge in [-0.2, -0.15) is 0 Å². The lowest BCUT2D eigenvalue weighted by atomic mass is 9.81. The molecule has 2 heteroatoms. The molecule has 18 heavy (non-hydrogen) atoms. The monoisotopic (exact) mass is 268 g/mol. The molecule has 0 N–H and O–H groups in total. The molecule has 0 amide bonds. The summed E-state index contributed by atoms with van der Waals surface area (Å²) in [6, 6.07) is 2.22. The van der Waals surface area contributed by atoms with Crippen molar-refractivity contribution in [2.24, 2.45) is 0 Å². The van der Waals surface area contributed by atoms with E-state index in [1.165, 1.54) is 22.3 Å². The van der Waals surface area contributed by atoms with Gasteiger partial charge in [0.15, 0.2) is 0 Å². The molecule has 1 aromatic rings. The maximum atomic E-state index is 6.15. The first kappa shape index (κ1) is 15.4. The standard InChI is InChI=1S/C16H25ClO/c1-10(2)18-15-11(3)8-14(16(5,6)7)13(9-17)12(15)4/h8,10H,9H2,1-7H3. The summed E-state index contributed by atoms with van der Waals surface area (Å²) in [5, 5.41) is 0. The van der Waals surface area contributed by atoms with Crippen molar-refractivity contribution in [2.75, 3.05) is 0 Å². The van der Waals surface area contributed by atoms with Crippen molar-refractivity contribution in [1.29, 1.82) is 0 Å². The normalized spacial score (nSPS) is 12.1. The first-order chi connectivity index (χ1) is 8.18. The topological polar surface area (TPSA) is 9.23 Å². The van der Waals surface area contributed by atoms with Crippen LogP contribution in [0.1, 0.15) is 56.9 Å². The minimum atomic E-state index is 0.107. The Hall–Kier alpha value is -0.690. The molecular formula is C16H25ClO. The minimum Gasteiger partial charge on any atom is -0.490 e. The zero-order valence-electron chi connectivity index (χ0n) is 12.6. The smallest absolute Gasteiger partial charge is 0.125 e. The van der Waals surface area contributed by atoms with Gasteiger partial charge in [0.1, 0.15) is 5.75 Å². The number of aryl methyl sites for hydroxylation is 1. The van der Waals surface area contributed by atoms with Crippen molar-refractivity contribution in [1.82, 2.24) is 0 Å². The molecule has 1 aromatic carbocycles. The molecule has 1 nitrogen and oxygen atoms in total. The van der Waals surface area contributed by atoms with Crippen LogP contribution in [0.25, 0.3) is 0 Å². The van der Waals surface area contributed by atoms with Crippen molar-refractivity contribution in [3.05, 3.63) is 28.3 Å². The van der Waals surface area contributed by atoms with E-state index in [0.717, 1.165) is 5.75 Å². The Kier molecular flexibility index (Phi) is 4.72. The van der Waals surface area contributed by atoms with Gasteiger partial charge in [-0.3, -0.25) is 0 Å². The third kappa shape index (κ3) is 3.20. The van der Waals surface area contributed by atoms with Crippen LogP contribution >= 0.6 is 11.6 Å². The van der Waals surface area contributed by atoms with Gasteiger partial charge in [0.2, 0.25) is 0 Å². The molecule has 0 atom stereocenters. The fourth-order valence-electron chi connectivity index (χ4n) is 2.26. The second-order valence-corrected chi connectivity index (χ2v) is 6.49. The predicted molar refractivity (Wildman–Crippen MR) is 79.9 cm³/mol. The van der Waals surface area contributed by atoms with Crippen LogP contribution in [0.5, 0.6) is 5.75 Å². The van der Waals surface area contributed by atoms with Crippen LogP contribution < -0.4 is 4.74 Å². The number of hydrogen-bond donors (Lipinski definition) is 0. The molecule has 0 bridgehead atoms. The average Bonchev–Trinajstić information content (AvgIpc) is 2.22. The van der Waals surface area contributed by atoms with Crippen LogP contribution in [0.2, 0.25) is 0 Å². The zero-order chi connectivity index (χ0) is 14.1. The lowest BCUT2D eigenvalue weighted by molar-refractivity contribution is 0.238. The Morgan fingerprint density at radius 2 is 1.78 bits per heavy atom. The molecule has 0 saturated carbocycles. The van der Waals surface area contributed by atoms with Gasteiger partial charge in [0.25, 0.3) is 0 Å². The number of halogens is 1. The van der Waals surface area contributed by atoms with E-state index < -0.39 is 0 Å². The number of ether oxygens (including phenoxy) is 1. The van der Waals surface area contributed by atoms with Gasteiger partial charge in [0.05, 0.1) is 6.10 Å². The Morgan fingerprint density at radius 1 is 1.22 bits per heavy atom. The second kappa shape index (κ2) is 5.52. The van der Waals surface area contributed by atoms with E-state index in [-0.39, 0.29) is 11.5 Å². The van der Waals surface area contributed by atoms with E-state index in [1.54, 1.807) is 0 Å². The third-order valence-corrected chi connectivity index (χ3v) is 3.40. The Morgan fingerprint density at radius 3 is 2.17 bits per heavy atom. The van der Waals surface area contributed by atoms with Crippen LogP contribution in [-0.2, 0) is 11.3 Å². The fourth-order valence-corrected chi connectivity index (χ4v) is 2.61. The molecule has 0 heterocycles. The van der Waals surface area contributed by atoms with Gasteiger partial charge in [-0.15, -0.1) is 11.6 Å². The van der Waals surface area contributed by atoms with Crippen molar-refractivity contribution in [3.63, 3.8) is 0 Å². The van der Waals surface area contributed by atoms with E-state index in [4.69, 9.17) is 16.3 Å². The van der Waals surface area contributed by atoms with Crippen molar-refractivity contribution in [2.45, 2.75) is 65.9 Å². The van der Waals surface area contributed by atoms with Gasteiger partial charge in [-0.25, -0.2) is 0 Å². The molecule has 0 radical (unpaired) electrons. The van der Waals surface area contributed by atoms with Gasteiger partial charge < -0.3 is 4.74 Å². The molecule has 0 saturated heterocycles. The number of rotatable bonds is 3. The molecule has 0 unspecified atom stereocenters. The van der Waals surface area contributed by atoms with Gasteiger partial charge in [0, 0.05) is 5.88 Å². The maximum Gasteiger partial charge on any atom is 0.125 e. The van der Waals surface area contributed by atoms with E-state index in [2.05, 4.69) is 54.5 Å². The highest BCUT2D eigenvalue weighted by Gasteiger charge is 2.22. The lowest BCUT2D eigenvalue weighted by Gasteiger charge is -2.27. The van der Waals surface area contributed by atoms with E-state index in [9.17, 15) is 0 Å². The maximum absolute atomic E-state index is 6.15. The van der Waals surface area contributed by atoms with Crippen LogP contribution in [0.3, 0.4) is 0 Å². The Balaban J connectivity index is 3.45. The van der Waals surface area contributed by atoms with Crippen LogP contribution in [0.4, 0.5) is 0 Å². The van der Waals surface area contributed by atoms with Gasteiger partial charge in [-0.05, 0) is 55.4 Å². The molecule has 102 valence electrons. The molecule has 0 aromatic heterocycles. The summed E-state index contributed by atoms with van der Waals surface area (Å²) >= 11 is 6.15. The number of alkyl halides is 1. The first-order valence-corrected chi connectivity index (χ1v) is 7.08. The van der Waals surface area contributed by atoms with E-state index in [1.807, 2.05) is 0 Å². The molecule has 0 aliphatic carbocycles. The average molecular weight is 269 g/mol. The van der Waals surface area contributed by atoms with Crippen molar-refractivity contribution >= 4 is 11.6 Å². The summed E-state index contributed by atoms with van der Waals surface area (Å²) in [7, 11) is 0. The summed E-state index contributed by atoms with van der Waals surface area (Å²) in [5.74, 6) is 1.53. The van der Waals surface area contributed by atoms with Crippen LogP contribution in [-0.4, -0.2) is 6.10 Å². The Bertz CT molecular complexity index is 428. The van der Waals surface area contributed by atoms with Crippen LogP contribution in [0, 0.1) is 13.8 Å². The van der Waals surface area contributed by atoms with Crippen molar-refractivity contribution < 1.29 is 4.74 Å². The summed E-state index contributed by atoms with van der Waals surface area (Å²) < 4.78 is 5.93. The van der Waals surface area contributed by atoms with E-state index in [0.29, 0.717) is 5.88 Å². The molecule has 1 rings (SSSR count). The predicted octanol–water partition coefficient (Wildman–Crippen LogP) is 5.13. The summed E-state index contributed by atoms with van der Waals surface area (Å²) in [5.41, 5.74) is 5.02. The quantitative estimate of drug-likeness (QED) is 0.691. The highest BCUT2D eigenvalue weighted by Crippen LogP contribution is 2.36. The molecule has 0 spiro atoms. The molecule has 0 aliphatic heterocycles. The van der Waals surface area contributed by atoms with E-state index >= 15 is 0 Å². The van der Waals surface area contributed by atoms with Crippen LogP contribution in [0.15, 0.2) is 6.07 Å². The summed E-state index contributed by atoms with van der Waals surface area (Å²) in [6.07, 6.45) is 0.186. The van der Waals surface area contributed by atoms with Gasteiger partial charge in [-0.1, -0.05) is 26.8 Å². The number of hydrogen-bond acceptors (Lipinski definition) is 1. The lowest BCUT2D eigenvalue weighted by Crippen LogP contribution is -2.17. The highest BCUT2D eigenvalue weighted by molar-refractivity contribution is 6.17. The van der Waals surface area contributed by atoms with Gasteiger partial charge >= 0.3 is 0 Å². The summed E-state index contributed by atoms with van der Waals surface area (Å²) in [4.78, 5) is 0. The zero-order valence-corrected chi connectivity index (χ0v) is 13.4. The largest absolute Gasteiger partial charge is 0.490 e. The van der Waals surface area contributed by atoms with Crippen molar-refractivity contribution in [3.8, 4) is 5.75 Å². The molecule has 0 fully saturated rings. The Labute approximate surface area is 116 Å². The SMILES string of the molecule is Cc1cc(C(C)(C)C)c(CCl)c(C)c1OC(C)C. The summed E-state index contributed by atoms with van der Waals surface area (Å²) in [6.45, 7) is 15.0. The fraction of sp³-hybridized carbons (Fsp3) is 0.625. The number of benzene rings is 1.